The van der Waals surface area contributed by atoms with Crippen molar-refractivity contribution < 1.29 is 17.6 Å². The maximum atomic E-state index is 14.4. The highest BCUT2D eigenvalue weighted by molar-refractivity contribution is 6.40. The molecule has 0 aliphatic carbocycles. The Hall–Kier alpha value is -1.86. The molecule has 2 aromatic rings. The summed E-state index contributed by atoms with van der Waals surface area (Å²) in [5.74, 6) is -0.701. The van der Waals surface area contributed by atoms with Gasteiger partial charge in [-0.05, 0) is 19.1 Å². The zero-order valence-corrected chi connectivity index (χ0v) is 14.3. The zero-order chi connectivity index (χ0) is 18.4. The predicted molar refractivity (Wildman–Crippen MR) is 89.2 cm³/mol. The number of benzene rings is 1. The molecular weight excluding hydrogens is 381 g/mol. The predicted octanol–water partition coefficient (Wildman–Crippen LogP) is 5.20. The molecule has 0 spiro atoms. The van der Waals surface area contributed by atoms with Crippen LogP contribution < -0.4 is 5.32 Å². The summed E-state index contributed by atoms with van der Waals surface area (Å²) in [6.07, 6.45) is -3.74. The Kier molecular flexibility index (Phi) is 4.64. The number of fused-ring (bicyclic) bond motifs is 1. The summed E-state index contributed by atoms with van der Waals surface area (Å²) in [5.41, 5.74) is -1.22. The van der Waals surface area contributed by atoms with Crippen LogP contribution in [0.3, 0.4) is 0 Å². The molecule has 25 heavy (non-hydrogen) atoms. The minimum Gasteiger partial charge on any atom is -0.381 e. The lowest BCUT2D eigenvalue weighted by Crippen LogP contribution is -2.15. The Balaban J connectivity index is 2.34. The summed E-state index contributed by atoms with van der Waals surface area (Å²) in [6.45, 7) is 2.06. The molecule has 132 valence electrons. The maximum Gasteiger partial charge on any atom is 0.434 e. The van der Waals surface area contributed by atoms with Gasteiger partial charge in [0.2, 0.25) is 0 Å². The molecule has 2 heterocycles. The van der Waals surface area contributed by atoms with E-state index >= 15 is 0 Å². The van der Waals surface area contributed by atoms with Crippen molar-refractivity contribution in [1.29, 1.82) is 0 Å². The van der Waals surface area contributed by atoms with E-state index < -0.39 is 22.7 Å². The Morgan fingerprint density at radius 1 is 1.20 bits per heavy atom. The maximum absolute atomic E-state index is 14.4. The number of pyridine rings is 1. The third-order valence-corrected chi connectivity index (χ3v) is 4.34. The zero-order valence-electron chi connectivity index (χ0n) is 12.8. The number of anilines is 1. The van der Waals surface area contributed by atoms with Crippen LogP contribution in [0.15, 0.2) is 29.4 Å². The molecule has 1 aliphatic rings. The summed E-state index contributed by atoms with van der Waals surface area (Å²) in [7, 11) is 0. The van der Waals surface area contributed by atoms with Crippen LogP contribution >= 0.6 is 23.2 Å². The van der Waals surface area contributed by atoms with Crippen molar-refractivity contribution in [2.45, 2.75) is 19.1 Å². The van der Waals surface area contributed by atoms with E-state index in [2.05, 4.69) is 15.3 Å². The number of hydrogen-bond donors (Lipinski definition) is 1. The van der Waals surface area contributed by atoms with Gasteiger partial charge < -0.3 is 5.32 Å². The van der Waals surface area contributed by atoms with E-state index in [-0.39, 0.29) is 33.6 Å². The third-order valence-electron chi connectivity index (χ3n) is 3.66. The lowest BCUT2D eigenvalue weighted by atomic mass is 10.00. The van der Waals surface area contributed by atoms with Crippen LogP contribution in [0.4, 0.5) is 23.2 Å². The van der Waals surface area contributed by atoms with Gasteiger partial charge in [-0.2, -0.15) is 13.2 Å². The van der Waals surface area contributed by atoms with E-state index in [9.17, 15) is 17.6 Å². The van der Waals surface area contributed by atoms with E-state index in [4.69, 9.17) is 23.2 Å². The smallest absolute Gasteiger partial charge is 0.381 e. The standard InChI is InChI=1S/C16H11Cl2F4N3/c1-7-5-23-10-6-24-15(16(20,21)22)13(18)12(10)14(25-7)11-8(17)3-2-4-9(11)19/h2-4,6-7,23H,5H2,1H3/t7-/m0/s1. The molecule has 0 saturated heterocycles. The monoisotopic (exact) mass is 391 g/mol. The van der Waals surface area contributed by atoms with Crippen molar-refractivity contribution in [1.82, 2.24) is 4.98 Å². The largest absolute Gasteiger partial charge is 0.434 e. The molecule has 0 unspecified atom stereocenters. The molecular formula is C16H11Cl2F4N3. The lowest BCUT2D eigenvalue weighted by molar-refractivity contribution is -0.141. The van der Waals surface area contributed by atoms with Gasteiger partial charge in [0.15, 0.2) is 5.69 Å². The van der Waals surface area contributed by atoms with Gasteiger partial charge in [0.05, 0.1) is 39.2 Å². The third kappa shape index (κ3) is 3.30. The van der Waals surface area contributed by atoms with E-state index in [1.54, 1.807) is 6.92 Å². The number of hydrogen-bond acceptors (Lipinski definition) is 3. The Morgan fingerprint density at radius 2 is 1.92 bits per heavy atom. The number of halogens is 6. The van der Waals surface area contributed by atoms with Crippen molar-refractivity contribution in [2.24, 2.45) is 4.99 Å². The second-order valence-corrected chi connectivity index (χ2v) is 6.30. The molecule has 0 saturated carbocycles. The number of nitrogens with one attached hydrogen (secondary N) is 1. The normalized spacial score (nSPS) is 17.4. The molecule has 0 fully saturated rings. The average Bonchev–Trinajstić information content (AvgIpc) is 2.66. The molecule has 3 rings (SSSR count). The molecule has 1 atom stereocenters. The Labute approximate surface area is 150 Å². The van der Waals surface area contributed by atoms with Crippen molar-refractivity contribution in [3.63, 3.8) is 0 Å². The second-order valence-electron chi connectivity index (χ2n) is 5.51. The topological polar surface area (TPSA) is 37.3 Å². The number of rotatable bonds is 1. The number of alkyl halides is 3. The molecule has 0 radical (unpaired) electrons. The Morgan fingerprint density at radius 3 is 2.56 bits per heavy atom. The first kappa shape index (κ1) is 17.9. The van der Waals surface area contributed by atoms with Gasteiger partial charge in [-0.1, -0.05) is 29.3 Å². The minimum absolute atomic E-state index is 0.0280. The van der Waals surface area contributed by atoms with Gasteiger partial charge in [0.1, 0.15) is 5.82 Å². The molecule has 1 aliphatic heterocycles. The van der Waals surface area contributed by atoms with Crippen molar-refractivity contribution in [2.75, 3.05) is 11.9 Å². The number of nitrogens with zero attached hydrogens (tertiary/aromatic N) is 2. The van der Waals surface area contributed by atoms with Gasteiger partial charge in [0, 0.05) is 12.1 Å². The fourth-order valence-electron chi connectivity index (χ4n) is 2.55. The lowest BCUT2D eigenvalue weighted by Gasteiger charge is -2.17. The molecule has 1 aromatic carbocycles. The van der Waals surface area contributed by atoms with Gasteiger partial charge >= 0.3 is 6.18 Å². The first-order valence-corrected chi connectivity index (χ1v) is 7.98. The summed E-state index contributed by atoms with van der Waals surface area (Å²) < 4.78 is 53.9. The summed E-state index contributed by atoms with van der Waals surface area (Å²) >= 11 is 12.1. The van der Waals surface area contributed by atoms with E-state index in [0.29, 0.717) is 6.54 Å². The summed E-state index contributed by atoms with van der Waals surface area (Å²) in [6, 6.07) is 3.65. The first-order valence-electron chi connectivity index (χ1n) is 7.22. The Bertz CT molecular complexity index is 845. The van der Waals surface area contributed by atoms with Gasteiger partial charge in [-0.25, -0.2) is 9.37 Å². The van der Waals surface area contributed by atoms with Gasteiger partial charge in [-0.3, -0.25) is 4.99 Å². The first-order chi connectivity index (χ1) is 11.7. The highest BCUT2D eigenvalue weighted by Gasteiger charge is 2.38. The molecule has 9 heteroatoms. The van der Waals surface area contributed by atoms with Crippen LogP contribution in [-0.4, -0.2) is 23.3 Å². The molecule has 0 amide bonds. The highest BCUT2D eigenvalue weighted by Crippen LogP contribution is 2.40. The number of aromatic nitrogens is 1. The fraction of sp³-hybridized carbons (Fsp3) is 0.250. The highest BCUT2D eigenvalue weighted by atomic mass is 35.5. The quantitative estimate of drug-likeness (QED) is 0.678. The average molecular weight is 392 g/mol. The van der Waals surface area contributed by atoms with Crippen molar-refractivity contribution in [3.05, 3.63) is 57.1 Å². The second kappa shape index (κ2) is 6.46. The minimum atomic E-state index is -4.76. The molecule has 0 bridgehead atoms. The van der Waals surface area contributed by atoms with Crippen molar-refractivity contribution >= 4 is 34.6 Å². The molecule has 1 N–H and O–H groups in total. The van der Waals surface area contributed by atoms with Crippen LogP contribution in [0.25, 0.3) is 0 Å². The van der Waals surface area contributed by atoms with Crippen LogP contribution in [0.1, 0.15) is 23.7 Å². The van der Waals surface area contributed by atoms with Crippen LogP contribution in [-0.2, 0) is 6.18 Å². The van der Waals surface area contributed by atoms with Gasteiger partial charge in [-0.15, -0.1) is 0 Å². The summed E-state index contributed by atoms with van der Waals surface area (Å²) in [5, 5.41) is 2.32. The van der Waals surface area contributed by atoms with Crippen LogP contribution in [0.5, 0.6) is 0 Å². The molecule has 3 nitrogen and oxygen atoms in total. The van der Waals surface area contributed by atoms with E-state index in [0.717, 1.165) is 12.3 Å². The molecule has 1 aromatic heterocycles. The van der Waals surface area contributed by atoms with Crippen molar-refractivity contribution in [3.8, 4) is 0 Å². The summed E-state index contributed by atoms with van der Waals surface area (Å²) in [4.78, 5) is 7.74. The fourth-order valence-corrected chi connectivity index (χ4v) is 3.15. The van der Waals surface area contributed by atoms with E-state index in [1.165, 1.54) is 12.1 Å². The van der Waals surface area contributed by atoms with Crippen LogP contribution in [0, 0.1) is 5.82 Å². The van der Waals surface area contributed by atoms with Gasteiger partial charge in [0.25, 0.3) is 0 Å². The van der Waals surface area contributed by atoms with Crippen LogP contribution in [0.2, 0.25) is 10.0 Å². The SMILES string of the molecule is C[C@H]1CNc2cnc(C(F)(F)F)c(Cl)c2C(c2c(F)cccc2Cl)=N1. The van der Waals surface area contributed by atoms with E-state index in [1.807, 2.05) is 0 Å². The number of aliphatic imine (C=N–C) groups is 1.